The molecule has 1 amide bonds. The minimum absolute atomic E-state index is 0.211. The lowest BCUT2D eigenvalue weighted by atomic mass is 9.93. The summed E-state index contributed by atoms with van der Waals surface area (Å²) in [4.78, 5) is 11.1. The van der Waals surface area contributed by atoms with Gasteiger partial charge in [0.25, 0.3) is 0 Å². The Morgan fingerprint density at radius 3 is 2.81 bits per heavy atom. The molecule has 16 heavy (non-hydrogen) atoms. The number of piperidine rings is 1. The summed E-state index contributed by atoms with van der Waals surface area (Å²) in [5, 5.41) is 7.46. The first-order valence-electron chi connectivity index (χ1n) is 6.35. The maximum absolute atomic E-state index is 11.1. The molecule has 1 saturated carbocycles. The van der Waals surface area contributed by atoms with Crippen molar-refractivity contribution in [2.75, 3.05) is 12.8 Å². The lowest BCUT2D eigenvalue weighted by Crippen LogP contribution is -2.52. The molecule has 0 spiro atoms. The Kier molecular flexibility index (Phi) is 4.53. The highest BCUT2D eigenvalue weighted by Crippen LogP contribution is 2.27. The highest BCUT2D eigenvalue weighted by atomic mass is 32.2. The average Bonchev–Trinajstić information content (AvgIpc) is 2.33. The van der Waals surface area contributed by atoms with Crippen LogP contribution in [0.5, 0.6) is 0 Å². The molecule has 0 aromatic heterocycles. The molecule has 2 aliphatic rings. The summed E-state index contributed by atoms with van der Waals surface area (Å²) in [7, 11) is 0. The van der Waals surface area contributed by atoms with Crippen LogP contribution in [0.25, 0.3) is 0 Å². The van der Waals surface area contributed by atoms with E-state index in [9.17, 15) is 4.79 Å². The normalized spacial score (nSPS) is 35.8. The smallest absolute Gasteiger partial charge is 0.220 e. The van der Waals surface area contributed by atoms with E-state index < -0.39 is 0 Å². The van der Waals surface area contributed by atoms with Crippen LogP contribution < -0.4 is 10.6 Å². The van der Waals surface area contributed by atoms with Gasteiger partial charge < -0.3 is 10.6 Å². The van der Waals surface area contributed by atoms with E-state index in [1.807, 2.05) is 11.8 Å². The van der Waals surface area contributed by atoms with Gasteiger partial charge in [-0.2, -0.15) is 11.8 Å². The first-order valence-corrected chi connectivity index (χ1v) is 7.64. The van der Waals surface area contributed by atoms with Crippen molar-refractivity contribution in [1.82, 2.24) is 10.6 Å². The van der Waals surface area contributed by atoms with Gasteiger partial charge in [-0.25, -0.2) is 0 Å². The van der Waals surface area contributed by atoms with Crippen LogP contribution in [0.15, 0.2) is 0 Å². The van der Waals surface area contributed by atoms with Crippen LogP contribution in [0.4, 0.5) is 0 Å². The zero-order chi connectivity index (χ0) is 11.4. The second kappa shape index (κ2) is 5.92. The molecular formula is C12H22N2OS. The van der Waals surface area contributed by atoms with Crippen LogP contribution in [0.2, 0.25) is 0 Å². The van der Waals surface area contributed by atoms with Crippen molar-refractivity contribution in [3.63, 3.8) is 0 Å². The summed E-state index contributed by atoms with van der Waals surface area (Å²) in [6.45, 7) is 0.816. The van der Waals surface area contributed by atoms with Gasteiger partial charge in [0.1, 0.15) is 0 Å². The van der Waals surface area contributed by atoms with Gasteiger partial charge in [-0.3, -0.25) is 4.79 Å². The van der Waals surface area contributed by atoms with E-state index in [0.29, 0.717) is 18.5 Å². The number of nitrogens with one attached hydrogen (secondary N) is 2. The van der Waals surface area contributed by atoms with Crippen molar-refractivity contribution in [3.05, 3.63) is 0 Å². The number of hydrogen-bond acceptors (Lipinski definition) is 3. The SMILES string of the molecule is CSC1CCCCC1NC1CCC(=O)NC1. The van der Waals surface area contributed by atoms with Crippen molar-refractivity contribution in [2.45, 2.75) is 55.9 Å². The van der Waals surface area contributed by atoms with E-state index in [-0.39, 0.29) is 5.91 Å². The summed E-state index contributed by atoms with van der Waals surface area (Å²) in [5.74, 6) is 0.211. The van der Waals surface area contributed by atoms with Gasteiger partial charge >= 0.3 is 0 Å². The first kappa shape index (κ1) is 12.2. The number of hydrogen-bond donors (Lipinski definition) is 2. The van der Waals surface area contributed by atoms with Crippen LogP contribution in [-0.4, -0.2) is 36.0 Å². The zero-order valence-electron chi connectivity index (χ0n) is 10.00. The van der Waals surface area contributed by atoms with Crippen LogP contribution >= 0.6 is 11.8 Å². The molecule has 1 aliphatic heterocycles. The molecule has 0 aromatic rings. The van der Waals surface area contributed by atoms with Crippen LogP contribution in [0, 0.1) is 0 Å². The second-order valence-corrected chi connectivity index (χ2v) is 5.95. The van der Waals surface area contributed by atoms with Gasteiger partial charge in [-0.05, 0) is 25.5 Å². The number of amides is 1. The third kappa shape index (κ3) is 3.14. The Bertz CT molecular complexity index is 237. The summed E-state index contributed by atoms with van der Waals surface area (Å²) >= 11 is 1.99. The van der Waals surface area contributed by atoms with E-state index in [2.05, 4.69) is 16.9 Å². The van der Waals surface area contributed by atoms with Crippen LogP contribution in [0.1, 0.15) is 38.5 Å². The molecule has 2 rings (SSSR count). The predicted molar refractivity (Wildman–Crippen MR) is 68.7 cm³/mol. The molecule has 3 unspecified atom stereocenters. The minimum Gasteiger partial charge on any atom is -0.355 e. The minimum atomic E-state index is 0.211. The lowest BCUT2D eigenvalue weighted by Gasteiger charge is -2.35. The maximum atomic E-state index is 11.1. The molecule has 3 nitrogen and oxygen atoms in total. The van der Waals surface area contributed by atoms with Gasteiger partial charge in [-0.15, -0.1) is 0 Å². The summed E-state index contributed by atoms with van der Waals surface area (Å²) < 4.78 is 0. The van der Waals surface area contributed by atoms with Crippen LogP contribution in [-0.2, 0) is 4.79 Å². The lowest BCUT2D eigenvalue weighted by molar-refractivity contribution is -0.122. The molecule has 92 valence electrons. The number of thioether (sulfide) groups is 1. The zero-order valence-corrected chi connectivity index (χ0v) is 10.8. The van der Waals surface area contributed by atoms with E-state index in [1.54, 1.807) is 0 Å². The Hall–Kier alpha value is -0.220. The van der Waals surface area contributed by atoms with Gasteiger partial charge in [0.2, 0.25) is 5.91 Å². The van der Waals surface area contributed by atoms with Crippen molar-refractivity contribution >= 4 is 17.7 Å². The van der Waals surface area contributed by atoms with Gasteiger partial charge in [0.15, 0.2) is 0 Å². The largest absolute Gasteiger partial charge is 0.355 e. The van der Waals surface area contributed by atoms with Crippen molar-refractivity contribution in [2.24, 2.45) is 0 Å². The van der Waals surface area contributed by atoms with Gasteiger partial charge in [0, 0.05) is 30.3 Å². The first-order chi connectivity index (χ1) is 7.79. The molecule has 4 heteroatoms. The molecule has 0 aromatic carbocycles. The molecule has 1 saturated heterocycles. The molecule has 1 heterocycles. The Labute approximate surface area is 102 Å². The molecule has 3 atom stereocenters. The average molecular weight is 242 g/mol. The van der Waals surface area contributed by atoms with E-state index in [0.717, 1.165) is 18.2 Å². The highest BCUT2D eigenvalue weighted by Gasteiger charge is 2.27. The number of rotatable bonds is 3. The highest BCUT2D eigenvalue weighted by molar-refractivity contribution is 7.99. The summed E-state index contributed by atoms with van der Waals surface area (Å²) in [5.41, 5.74) is 0. The fraction of sp³-hybridized carbons (Fsp3) is 0.917. The van der Waals surface area contributed by atoms with Gasteiger partial charge in [0.05, 0.1) is 0 Å². The molecule has 0 radical (unpaired) electrons. The van der Waals surface area contributed by atoms with Crippen molar-refractivity contribution < 1.29 is 4.79 Å². The molecule has 2 fully saturated rings. The van der Waals surface area contributed by atoms with Gasteiger partial charge in [-0.1, -0.05) is 12.8 Å². The topological polar surface area (TPSA) is 41.1 Å². The monoisotopic (exact) mass is 242 g/mol. The fourth-order valence-corrected chi connectivity index (χ4v) is 3.69. The maximum Gasteiger partial charge on any atom is 0.220 e. The molecular weight excluding hydrogens is 220 g/mol. The quantitative estimate of drug-likeness (QED) is 0.788. The Morgan fingerprint density at radius 1 is 1.31 bits per heavy atom. The van der Waals surface area contributed by atoms with E-state index >= 15 is 0 Å². The standard InChI is InChI=1S/C12H22N2OS/c1-16-11-5-3-2-4-10(11)14-9-6-7-12(15)13-8-9/h9-11,14H,2-8H2,1H3,(H,13,15). The van der Waals surface area contributed by atoms with E-state index in [4.69, 9.17) is 0 Å². The summed E-state index contributed by atoms with van der Waals surface area (Å²) in [6, 6.07) is 1.15. The fourth-order valence-electron chi connectivity index (χ4n) is 2.75. The number of carbonyl (C=O) groups is 1. The van der Waals surface area contributed by atoms with Crippen molar-refractivity contribution in [3.8, 4) is 0 Å². The Balaban J connectivity index is 1.80. The Morgan fingerprint density at radius 2 is 2.12 bits per heavy atom. The molecule has 1 aliphatic carbocycles. The van der Waals surface area contributed by atoms with Crippen molar-refractivity contribution in [1.29, 1.82) is 0 Å². The third-order valence-corrected chi connectivity index (χ3v) is 4.89. The second-order valence-electron chi connectivity index (χ2n) is 4.87. The van der Waals surface area contributed by atoms with E-state index in [1.165, 1.54) is 25.7 Å². The predicted octanol–water partition coefficient (Wildman–Crippen LogP) is 1.53. The van der Waals surface area contributed by atoms with Crippen LogP contribution in [0.3, 0.4) is 0 Å². The molecule has 2 N–H and O–H groups in total. The third-order valence-electron chi connectivity index (χ3n) is 3.72. The number of carbonyl (C=O) groups excluding carboxylic acids is 1. The summed E-state index contributed by atoms with van der Waals surface area (Å²) in [6.07, 6.45) is 9.29. The molecule has 0 bridgehead atoms.